The van der Waals surface area contributed by atoms with Crippen molar-refractivity contribution in [1.29, 1.82) is 0 Å². The number of hydrogen-bond acceptors (Lipinski definition) is 5. The Morgan fingerprint density at radius 2 is 2.04 bits per heavy atom. The molecule has 6 nitrogen and oxygen atoms in total. The first-order chi connectivity index (χ1) is 11.2. The van der Waals surface area contributed by atoms with Gasteiger partial charge >= 0.3 is 0 Å². The molecule has 0 aromatic carbocycles. The molecule has 0 aliphatic carbocycles. The summed E-state index contributed by atoms with van der Waals surface area (Å²) >= 11 is 1.73. The Bertz CT molecular complexity index is 483. The fraction of sp³-hybridized carbons (Fsp3) is 0.750. The third kappa shape index (κ3) is 7.62. The average molecular weight is 467 g/mol. The highest BCUT2D eigenvalue weighted by Crippen LogP contribution is 2.16. The van der Waals surface area contributed by atoms with Gasteiger partial charge in [-0.25, -0.2) is 9.98 Å². The van der Waals surface area contributed by atoms with Gasteiger partial charge in [0.2, 0.25) is 0 Å². The molecular formula is C16H30IN5OS. The molecule has 2 N–H and O–H groups in total. The Balaban J connectivity index is 0.00000288. The van der Waals surface area contributed by atoms with E-state index >= 15 is 0 Å². The third-order valence-electron chi connectivity index (χ3n) is 3.84. The maximum absolute atomic E-state index is 5.37. The topological polar surface area (TPSA) is 61.8 Å². The van der Waals surface area contributed by atoms with E-state index in [-0.39, 0.29) is 24.0 Å². The second-order valence-corrected chi connectivity index (χ2v) is 6.97. The van der Waals surface area contributed by atoms with Gasteiger partial charge < -0.3 is 15.4 Å². The van der Waals surface area contributed by atoms with E-state index in [0.29, 0.717) is 6.54 Å². The van der Waals surface area contributed by atoms with Gasteiger partial charge in [-0.15, -0.1) is 35.3 Å². The molecular weight excluding hydrogens is 437 g/mol. The molecule has 1 aliphatic heterocycles. The Labute approximate surface area is 166 Å². The van der Waals surface area contributed by atoms with E-state index in [1.165, 1.54) is 4.88 Å². The number of ether oxygens (including phenoxy) is 1. The van der Waals surface area contributed by atoms with Crippen LogP contribution in [0, 0.1) is 13.8 Å². The van der Waals surface area contributed by atoms with Crippen molar-refractivity contribution in [3.05, 3.63) is 15.6 Å². The van der Waals surface area contributed by atoms with Gasteiger partial charge in [0, 0.05) is 31.1 Å². The number of aliphatic imine (C=N–C) groups is 1. The van der Waals surface area contributed by atoms with Crippen LogP contribution < -0.4 is 10.6 Å². The molecule has 0 atom stereocenters. The normalized spacial score (nSPS) is 15.9. The number of nitrogens with zero attached hydrogens (tertiary/aromatic N) is 3. The highest BCUT2D eigenvalue weighted by molar-refractivity contribution is 14.0. The van der Waals surface area contributed by atoms with Crippen molar-refractivity contribution in [1.82, 2.24) is 20.5 Å². The van der Waals surface area contributed by atoms with E-state index in [2.05, 4.69) is 39.4 Å². The Hall–Kier alpha value is -0.450. The van der Waals surface area contributed by atoms with E-state index in [1.807, 2.05) is 6.92 Å². The maximum atomic E-state index is 5.37. The van der Waals surface area contributed by atoms with Crippen LogP contribution in [0.15, 0.2) is 4.99 Å². The highest BCUT2D eigenvalue weighted by Gasteiger charge is 2.09. The van der Waals surface area contributed by atoms with Crippen LogP contribution in [0.4, 0.5) is 0 Å². The minimum absolute atomic E-state index is 0. The van der Waals surface area contributed by atoms with Crippen LogP contribution in [0.2, 0.25) is 0 Å². The van der Waals surface area contributed by atoms with Crippen molar-refractivity contribution >= 4 is 41.3 Å². The Morgan fingerprint density at radius 1 is 1.29 bits per heavy atom. The lowest BCUT2D eigenvalue weighted by Crippen LogP contribution is -2.40. The fourth-order valence-corrected chi connectivity index (χ4v) is 3.29. The van der Waals surface area contributed by atoms with Gasteiger partial charge in [-0.05, 0) is 33.7 Å². The Kier molecular flexibility index (Phi) is 10.8. The van der Waals surface area contributed by atoms with Gasteiger partial charge in [0.1, 0.15) is 5.01 Å². The third-order valence-corrected chi connectivity index (χ3v) is 4.89. The largest absolute Gasteiger partial charge is 0.379 e. The summed E-state index contributed by atoms with van der Waals surface area (Å²) in [4.78, 5) is 12.9. The number of aromatic nitrogens is 1. The molecule has 1 fully saturated rings. The van der Waals surface area contributed by atoms with Gasteiger partial charge in [-0.3, -0.25) is 4.90 Å². The molecule has 0 amide bonds. The lowest BCUT2D eigenvalue weighted by atomic mass is 10.3. The molecule has 0 unspecified atom stereocenters. The molecule has 0 saturated carbocycles. The van der Waals surface area contributed by atoms with Gasteiger partial charge in [-0.2, -0.15) is 0 Å². The van der Waals surface area contributed by atoms with Crippen LogP contribution >= 0.6 is 35.3 Å². The molecule has 0 spiro atoms. The molecule has 1 aromatic rings. The van der Waals surface area contributed by atoms with Crippen LogP contribution in [-0.4, -0.2) is 61.8 Å². The molecule has 2 rings (SSSR count). The number of hydrogen-bond donors (Lipinski definition) is 2. The molecule has 1 aliphatic rings. The average Bonchev–Trinajstić information content (AvgIpc) is 2.88. The van der Waals surface area contributed by atoms with Crippen molar-refractivity contribution in [3.63, 3.8) is 0 Å². The molecule has 0 bridgehead atoms. The van der Waals surface area contributed by atoms with Crippen LogP contribution in [0.1, 0.15) is 28.9 Å². The van der Waals surface area contributed by atoms with Crippen molar-refractivity contribution in [2.75, 3.05) is 45.9 Å². The van der Waals surface area contributed by atoms with Gasteiger partial charge in [-0.1, -0.05) is 0 Å². The standard InChI is InChI=1S/C16H29N5OS.HI/c1-4-17-16(19-12-15-20-13(2)14(3)23-15)18-6-5-7-21-8-10-22-11-9-21;/h4-12H2,1-3H3,(H2,17,18,19);1H. The lowest BCUT2D eigenvalue weighted by Gasteiger charge is -2.26. The minimum atomic E-state index is 0. The predicted molar refractivity (Wildman–Crippen MR) is 112 cm³/mol. The summed E-state index contributed by atoms with van der Waals surface area (Å²) in [5.74, 6) is 0.875. The SMILES string of the molecule is CCNC(=NCc1nc(C)c(C)s1)NCCCN1CCOCC1.I. The fourth-order valence-electron chi connectivity index (χ4n) is 2.43. The van der Waals surface area contributed by atoms with Crippen LogP contribution in [0.25, 0.3) is 0 Å². The molecule has 0 radical (unpaired) electrons. The number of morpholine rings is 1. The minimum Gasteiger partial charge on any atom is -0.379 e. The molecule has 1 saturated heterocycles. The summed E-state index contributed by atoms with van der Waals surface area (Å²) in [6.07, 6.45) is 1.11. The Morgan fingerprint density at radius 3 is 2.67 bits per heavy atom. The van der Waals surface area contributed by atoms with Crippen LogP contribution in [-0.2, 0) is 11.3 Å². The highest BCUT2D eigenvalue weighted by atomic mass is 127. The van der Waals surface area contributed by atoms with Crippen molar-refractivity contribution in [2.45, 2.75) is 33.7 Å². The first-order valence-electron chi connectivity index (χ1n) is 8.44. The van der Waals surface area contributed by atoms with Crippen molar-refractivity contribution in [2.24, 2.45) is 4.99 Å². The second kappa shape index (κ2) is 12.0. The van der Waals surface area contributed by atoms with Crippen LogP contribution in [0.5, 0.6) is 0 Å². The van der Waals surface area contributed by atoms with E-state index in [0.717, 1.165) is 69.0 Å². The van der Waals surface area contributed by atoms with E-state index in [4.69, 9.17) is 4.74 Å². The molecule has 8 heteroatoms. The van der Waals surface area contributed by atoms with Crippen LogP contribution in [0.3, 0.4) is 0 Å². The summed E-state index contributed by atoms with van der Waals surface area (Å²) in [7, 11) is 0. The quantitative estimate of drug-likeness (QED) is 0.279. The number of guanidine groups is 1. The summed E-state index contributed by atoms with van der Waals surface area (Å²) in [5.41, 5.74) is 1.11. The van der Waals surface area contributed by atoms with E-state index < -0.39 is 0 Å². The zero-order chi connectivity index (χ0) is 16.5. The smallest absolute Gasteiger partial charge is 0.191 e. The molecule has 2 heterocycles. The second-order valence-electron chi connectivity index (χ2n) is 5.68. The van der Waals surface area contributed by atoms with Crippen molar-refractivity contribution in [3.8, 4) is 0 Å². The summed E-state index contributed by atoms with van der Waals surface area (Å²) < 4.78 is 5.37. The number of rotatable bonds is 7. The zero-order valence-electron chi connectivity index (χ0n) is 14.9. The van der Waals surface area contributed by atoms with Gasteiger partial charge in [0.25, 0.3) is 0 Å². The molecule has 24 heavy (non-hydrogen) atoms. The number of halogens is 1. The number of nitrogens with one attached hydrogen (secondary N) is 2. The summed E-state index contributed by atoms with van der Waals surface area (Å²) in [6, 6.07) is 0. The van der Waals surface area contributed by atoms with Crippen molar-refractivity contribution < 1.29 is 4.74 Å². The summed E-state index contributed by atoms with van der Waals surface area (Å²) in [5, 5.41) is 7.78. The maximum Gasteiger partial charge on any atom is 0.191 e. The predicted octanol–water partition coefficient (Wildman–Crippen LogP) is 2.16. The number of aryl methyl sites for hydroxylation is 2. The molecule has 1 aromatic heterocycles. The first-order valence-corrected chi connectivity index (χ1v) is 9.26. The van der Waals surface area contributed by atoms with Gasteiger partial charge in [0.05, 0.1) is 25.5 Å². The van der Waals surface area contributed by atoms with E-state index in [1.54, 1.807) is 11.3 Å². The zero-order valence-corrected chi connectivity index (χ0v) is 18.1. The first kappa shape index (κ1) is 21.6. The monoisotopic (exact) mass is 467 g/mol. The molecule has 138 valence electrons. The van der Waals surface area contributed by atoms with E-state index in [9.17, 15) is 0 Å². The lowest BCUT2D eigenvalue weighted by molar-refractivity contribution is 0.0376. The van der Waals surface area contributed by atoms with Gasteiger partial charge in [0.15, 0.2) is 5.96 Å². The number of thiazole rings is 1. The summed E-state index contributed by atoms with van der Waals surface area (Å²) in [6.45, 7) is 13.6.